The van der Waals surface area contributed by atoms with Crippen LogP contribution < -0.4 is 15.5 Å². The van der Waals surface area contributed by atoms with E-state index in [2.05, 4.69) is 20.6 Å². The molecular formula is C29H39FN6O2. The number of aryl methyl sites for hydroxylation is 1. The van der Waals surface area contributed by atoms with Crippen LogP contribution >= 0.6 is 0 Å². The topological polar surface area (TPSA) is 111 Å². The van der Waals surface area contributed by atoms with Crippen molar-refractivity contribution in [3.63, 3.8) is 0 Å². The summed E-state index contributed by atoms with van der Waals surface area (Å²) < 4.78 is 13.7. The number of Topliss-reactive ketones (excluding diaryl/α,β-unsaturated/α-hetero) is 1. The van der Waals surface area contributed by atoms with Crippen molar-refractivity contribution in [1.29, 1.82) is 5.41 Å². The molecule has 2 aromatic rings. The van der Waals surface area contributed by atoms with Crippen molar-refractivity contribution < 1.29 is 14.0 Å². The second-order valence-electron chi connectivity index (χ2n) is 10.5. The molecule has 0 radical (unpaired) electrons. The molecule has 38 heavy (non-hydrogen) atoms. The second kappa shape index (κ2) is 12.1. The number of carbonyl (C=O) groups excluding carboxylic acids is 2. The van der Waals surface area contributed by atoms with E-state index in [-0.39, 0.29) is 29.1 Å². The Balaban J connectivity index is 1.61. The molecule has 1 aromatic carbocycles. The molecule has 0 spiro atoms. The Hall–Kier alpha value is -3.20. The predicted octanol–water partition coefficient (Wildman–Crippen LogP) is 4.37. The van der Waals surface area contributed by atoms with Gasteiger partial charge in [-0.3, -0.25) is 9.59 Å². The normalized spacial score (nSPS) is 18.0. The Morgan fingerprint density at radius 2 is 1.92 bits per heavy atom. The predicted molar refractivity (Wildman–Crippen MR) is 147 cm³/mol. The Bertz CT molecular complexity index is 1200. The van der Waals surface area contributed by atoms with Crippen LogP contribution in [0, 0.1) is 24.1 Å². The SMILES string of the molecule is CCC(C(=N)C(=O)C(NC(=O)C(C)NC)C1CCCCC1)c1cc(N2CCc3cc(F)ccc32)nc(C)n1. The summed E-state index contributed by atoms with van der Waals surface area (Å²) in [6.45, 7) is 6.17. The van der Waals surface area contributed by atoms with Crippen molar-refractivity contribution in [2.75, 3.05) is 18.5 Å². The number of hydrogen-bond donors (Lipinski definition) is 3. The Morgan fingerprint density at radius 3 is 2.61 bits per heavy atom. The van der Waals surface area contributed by atoms with Gasteiger partial charge in [0, 0.05) is 24.2 Å². The van der Waals surface area contributed by atoms with Crippen molar-refractivity contribution in [2.24, 2.45) is 5.92 Å². The van der Waals surface area contributed by atoms with Crippen molar-refractivity contribution in [3.8, 4) is 0 Å². The number of nitrogens with zero attached hydrogens (tertiary/aromatic N) is 3. The number of rotatable bonds is 10. The molecule has 1 aromatic heterocycles. The fraction of sp³-hybridized carbons (Fsp3) is 0.552. The molecule has 0 saturated heterocycles. The number of carbonyl (C=O) groups is 2. The lowest BCUT2D eigenvalue weighted by atomic mass is 9.79. The number of ketones is 1. The number of amides is 1. The summed E-state index contributed by atoms with van der Waals surface area (Å²) in [7, 11) is 1.71. The van der Waals surface area contributed by atoms with Gasteiger partial charge in [0.25, 0.3) is 0 Å². The van der Waals surface area contributed by atoms with Crippen LogP contribution in [0.5, 0.6) is 0 Å². The summed E-state index contributed by atoms with van der Waals surface area (Å²) in [4.78, 5) is 37.9. The molecule has 3 N–H and O–H groups in total. The summed E-state index contributed by atoms with van der Waals surface area (Å²) in [5.41, 5.74) is 2.42. The van der Waals surface area contributed by atoms with E-state index in [9.17, 15) is 14.0 Å². The minimum Gasteiger partial charge on any atom is -0.344 e. The quantitative estimate of drug-likeness (QED) is 0.400. The number of hydrogen-bond acceptors (Lipinski definition) is 7. The van der Waals surface area contributed by atoms with Gasteiger partial charge >= 0.3 is 0 Å². The standard InChI is InChI=1S/C29H39FN6O2/c1-5-22(26(31)28(37)27(19-9-7-6-8-10-19)35-29(38)17(2)32-4)23-16-25(34-18(3)33-23)36-14-13-20-15-21(30)11-12-24(20)36/h11-12,15-17,19,22,27,31-32H,5-10,13-14H2,1-4H3,(H,35,38). The van der Waals surface area contributed by atoms with E-state index in [1.807, 2.05) is 17.9 Å². The van der Waals surface area contributed by atoms with Crippen molar-refractivity contribution in [2.45, 2.75) is 83.7 Å². The summed E-state index contributed by atoms with van der Waals surface area (Å²) in [6.07, 6.45) is 6.12. The van der Waals surface area contributed by atoms with Gasteiger partial charge in [0.2, 0.25) is 5.91 Å². The molecule has 1 aliphatic heterocycles. The fourth-order valence-corrected chi connectivity index (χ4v) is 5.67. The molecular weight excluding hydrogens is 483 g/mol. The molecule has 8 nitrogen and oxygen atoms in total. The maximum Gasteiger partial charge on any atom is 0.237 e. The first-order chi connectivity index (χ1) is 18.2. The zero-order chi connectivity index (χ0) is 27.4. The van der Waals surface area contributed by atoms with Gasteiger partial charge in [-0.25, -0.2) is 14.4 Å². The third-order valence-corrected chi connectivity index (χ3v) is 7.96. The molecule has 204 valence electrons. The number of nitrogens with one attached hydrogen (secondary N) is 3. The third kappa shape index (κ3) is 5.93. The molecule has 2 heterocycles. The molecule has 1 aliphatic carbocycles. The molecule has 3 unspecified atom stereocenters. The van der Waals surface area contributed by atoms with Gasteiger partial charge in [-0.05, 0) is 76.3 Å². The van der Waals surface area contributed by atoms with E-state index in [4.69, 9.17) is 5.41 Å². The average molecular weight is 523 g/mol. The van der Waals surface area contributed by atoms with E-state index in [0.717, 1.165) is 43.4 Å². The third-order valence-electron chi connectivity index (χ3n) is 7.96. The summed E-state index contributed by atoms with van der Waals surface area (Å²) in [5.74, 6) is -0.105. The fourth-order valence-electron chi connectivity index (χ4n) is 5.67. The van der Waals surface area contributed by atoms with Crippen molar-refractivity contribution >= 4 is 28.9 Å². The monoisotopic (exact) mass is 522 g/mol. The first kappa shape index (κ1) is 27.8. The highest BCUT2D eigenvalue weighted by Gasteiger charge is 2.36. The minimum atomic E-state index is -0.720. The zero-order valence-electron chi connectivity index (χ0n) is 22.8. The molecule has 1 fully saturated rings. The van der Waals surface area contributed by atoms with E-state index >= 15 is 0 Å². The highest BCUT2D eigenvalue weighted by molar-refractivity contribution is 6.42. The number of anilines is 2. The van der Waals surface area contributed by atoms with Gasteiger partial charge < -0.3 is 20.9 Å². The number of halogens is 1. The summed E-state index contributed by atoms with van der Waals surface area (Å²) in [6, 6.07) is 5.46. The van der Waals surface area contributed by atoms with E-state index in [1.165, 1.54) is 6.07 Å². The van der Waals surface area contributed by atoms with Crippen LogP contribution in [0.4, 0.5) is 15.9 Å². The van der Waals surface area contributed by atoms with Crippen molar-refractivity contribution in [1.82, 2.24) is 20.6 Å². The number of benzene rings is 1. The van der Waals surface area contributed by atoms with Gasteiger partial charge in [0.15, 0.2) is 5.78 Å². The lowest BCUT2D eigenvalue weighted by molar-refractivity contribution is -0.127. The highest BCUT2D eigenvalue weighted by Crippen LogP contribution is 2.35. The van der Waals surface area contributed by atoms with Gasteiger partial charge in [-0.1, -0.05) is 26.2 Å². The first-order valence-corrected chi connectivity index (χ1v) is 13.7. The molecule has 9 heteroatoms. The maximum atomic E-state index is 13.8. The van der Waals surface area contributed by atoms with Crippen LogP contribution in [-0.2, 0) is 16.0 Å². The molecule has 3 atom stereocenters. The minimum absolute atomic E-state index is 0.0197. The Kier molecular flexibility index (Phi) is 8.87. The van der Waals surface area contributed by atoms with E-state index < -0.39 is 18.0 Å². The van der Waals surface area contributed by atoms with E-state index in [0.29, 0.717) is 36.7 Å². The molecule has 2 aliphatic rings. The highest BCUT2D eigenvalue weighted by atomic mass is 19.1. The molecule has 4 rings (SSSR count). The number of likely N-dealkylation sites (N-methyl/N-ethyl adjacent to an activating group) is 1. The van der Waals surface area contributed by atoms with Crippen LogP contribution in [0.25, 0.3) is 0 Å². The molecule has 1 saturated carbocycles. The second-order valence-corrected chi connectivity index (χ2v) is 10.5. The molecule has 1 amide bonds. The smallest absolute Gasteiger partial charge is 0.237 e. The first-order valence-electron chi connectivity index (χ1n) is 13.7. The zero-order valence-corrected chi connectivity index (χ0v) is 22.8. The Morgan fingerprint density at radius 1 is 1.18 bits per heavy atom. The largest absolute Gasteiger partial charge is 0.344 e. The van der Waals surface area contributed by atoms with E-state index in [1.54, 1.807) is 33.0 Å². The lowest BCUT2D eigenvalue weighted by Gasteiger charge is -2.32. The molecule has 0 bridgehead atoms. The van der Waals surface area contributed by atoms with Gasteiger partial charge in [-0.15, -0.1) is 0 Å². The number of fused-ring (bicyclic) bond motifs is 1. The van der Waals surface area contributed by atoms with Gasteiger partial charge in [-0.2, -0.15) is 0 Å². The average Bonchev–Trinajstić information content (AvgIpc) is 3.34. The van der Waals surface area contributed by atoms with Crippen LogP contribution in [0.3, 0.4) is 0 Å². The summed E-state index contributed by atoms with van der Waals surface area (Å²) in [5, 5.41) is 14.9. The van der Waals surface area contributed by atoms with Gasteiger partial charge in [0.05, 0.1) is 23.5 Å². The van der Waals surface area contributed by atoms with Crippen LogP contribution in [-0.4, -0.2) is 53.0 Å². The lowest BCUT2D eigenvalue weighted by Crippen LogP contribution is -2.53. The maximum absolute atomic E-state index is 13.8. The van der Waals surface area contributed by atoms with Crippen molar-refractivity contribution in [3.05, 3.63) is 47.2 Å². The Labute approximate surface area is 224 Å². The van der Waals surface area contributed by atoms with Gasteiger partial charge in [0.1, 0.15) is 17.5 Å². The number of aromatic nitrogens is 2. The van der Waals surface area contributed by atoms with Crippen LogP contribution in [0.1, 0.15) is 75.4 Å². The summed E-state index contributed by atoms with van der Waals surface area (Å²) >= 11 is 0. The van der Waals surface area contributed by atoms with Crippen LogP contribution in [0.15, 0.2) is 24.3 Å². The van der Waals surface area contributed by atoms with Crippen LogP contribution in [0.2, 0.25) is 0 Å².